The molecule has 0 unspecified atom stereocenters. The number of aryl methyl sites for hydroxylation is 1. The maximum absolute atomic E-state index is 4.93. The quantitative estimate of drug-likeness (QED) is 0.456. The van der Waals surface area contributed by atoms with Gasteiger partial charge in [-0.05, 0) is 47.1 Å². The predicted octanol–water partition coefficient (Wildman–Crippen LogP) is 7.43. The molecular weight excluding hydrogens is 414 g/mol. The Kier molecular flexibility index (Phi) is 8.81. The van der Waals surface area contributed by atoms with Crippen molar-refractivity contribution in [3.8, 4) is 11.1 Å². The van der Waals surface area contributed by atoms with Gasteiger partial charge in [0.25, 0.3) is 0 Å². The first-order valence-corrected chi connectivity index (χ1v) is 14.8. The van der Waals surface area contributed by atoms with Gasteiger partial charge in [0.1, 0.15) is 0 Å². The van der Waals surface area contributed by atoms with Crippen molar-refractivity contribution in [2.75, 3.05) is 0 Å². The van der Waals surface area contributed by atoms with Crippen molar-refractivity contribution in [3.05, 3.63) is 71.1 Å². The van der Waals surface area contributed by atoms with Crippen LogP contribution in [0.2, 0.25) is 0 Å². The summed E-state index contributed by atoms with van der Waals surface area (Å²) in [5.74, 6) is 0. The number of rotatable bonds is 5. The van der Waals surface area contributed by atoms with Gasteiger partial charge in [-0.1, -0.05) is 74.4 Å². The van der Waals surface area contributed by atoms with E-state index in [4.69, 9.17) is 17.0 Å². The SMILES string of the molecule is CCCCc1ccc(-c2cccc3c2C=C(CC)[CH]3)cc1.[Cl][Zr][Cl]. The van der Waals surface area contributed by atoms with Crippen LogP contribution in [0.4, 0.5) is 0 Å². The molecule has 0 spiro atoms. The van der Waals surface area contributed by atoms with E-state index in [0.717, 1.165) is 6.42 Å². The Morgan fingerprint density at radius 3 is 2.29 bits per heavy atom. The number of hydrogen-bond acceptors (Lipinski definition) is 0. The van der Waals surface area contributed by atoms with Crippen molar-refractivity contribution < 1.29 is 20.8 Å². The first-order valence-electron chi connectivity index (χ1n) is 8.47. The second kappa shape index (κ2) is 10.6. The molecular formula is C21H23Cl2Zr. The molecule has 0 N–H and O–H groups in total. The Labute approximate surface area is 164 Å². The number of allylic oxidation sites excluding steroid dienone is 1. The van der Waals surface area contributed by atoms with E-state index in [1.807, 2.05) is 0 Å². The number of fused-ring (bicyclic) bond motifs is 1. The summed E-state index contributed by atoms with van der Waals surface area (Å²) in [6.07, 6.45) is 9.48. The summed E-state index contributed by atoms with van der Waals surface area (Å²) >= 11 is -0.826. The van der Waals surface area contributed by atoms with Crippen LogP contribution in [0.1, 0.15) is 49.8 Å². The third-order valence-electron chi connectivity index (χ3n) is 4.30. The minimum atomic E-state index is -0.826. The molecule has 125 valence electrons. The van der Waals surface area contributed by atoms with E-state index >= 15 is 0 Å². The molecule has 0 atom stereocenters. The van der Waals surface area contributed by atoms with Crippen molar-refractivity contribution in [3.63, 3.8) is 0 Å². The average molecular weight is 438 g/mol. The molecule has 0 aliphatic heterocycles. The average Bonchev–Trinajstić information content (AvgIpc) is 3.04. The second-order valence-electron chi connectivity index (χ2n) is 5.90. The van der Waals surface area contributed by atoms with Gasteiger partial charge in [0, 0.05) is 6.42 Å². The summed E-state index contributed by atoms with van der Waals surface area (Å²) in [7, 11) is 9.87. The fourth-order valence-electron chi connectivity index (χ4n) is 2.98. The normalized spacial score (nSPS) is 12.1. The standard InChI is InChI=1S/C21H23.2ClH.Zr/c1-3-5-7-17-10-12-18(13-11-17)20-9-6-8-19-14-16(4-2)15-21(19)20;;;/h6,8-15H,3-5,7H2,1-2H3;2*1H;/q;;;+2/p-2. The maximum atomic E-state index is 4.93. The van der Waals surface area contributed by atoms with Gasteiger partial charge >= 0.3 is 37.9 Å². The Bertz CT molecular complexity index is 675. The van der Waals surface area contributed by atoms with Crippen LogP contribution >= 0.6 is 17.0 Å². The zero-order chi connectivity index (χ0) is 17.4. The predicted molar refractivity (Wildman–Crippen MR) is 104 cm³/mol. The molecule has 0 fully saturated rings. The van der Waals surface area contributed by atoms with E-state index in [1.165, 1.54) is 52.7 Å². The van der Waals surface area contributed by atoms with E-state index in [-0.39, 0.29) is 0 Å². The molecule has 1 aliphatic carbocycles. The molecule has 0 aromatic heterocycles. The zero-order valence-electron chi connectivity index (χ0n) is 14.3. The number of halogens is 2. The molecule has 24 heavy (non-hydrogen) atoms. The van der Waals surface area contributed by atoms with Gasteiger partial charge < -0.3 is 0 Å². The Hall–Kier alpha value is -0.357. The molecule has 3 heteroatoms. The number of unbranched alkanes of at least 4 members (excludes halogenated alkanes) is 1. The fraction of sp³-hybridized carbons (Fsp3) is 0.286. The zero-order valence-corrected chi connectivity index (χ0v) is 18.3. The summed E-state index contributed by atoms with van der Waals surface area (Å²) in [5, 5.41) is 0. The van der Waals surface area contributed by atoms with E-state index in [9.17, 15) is 0 Å². The molecule has 1 radical (unpaired) electrons. The summed E-state index contributed by atoms with van der Waals surface area (Å²) in [6, 6.07) is 15.7. The summed E-state index contributed by atoms with van der Waals surface area (Å²) in [4.78, 5) is 0. The molecule has 3 rings (SSSR count). The number of benzene rings is 2. The third kappa shape index (κ3) is 5.32. The Morgan fingerprint density at radius 1 is 0.958 bits per heavy atom. The van der Waals surface area contributed by atoms with Crippen LogP contribution in [0, 0.1) is 6.42 Å². The van der Waals surface area contributed by atoms with Gasteiger partial charge in [0.05, 0.1) is 0 Å². The monoisotopic (exact) mass is 435 g/mol. The van der Waals surface area contributed by atoms with Gasteiger partial charge in [-0.3, -0.25) is 0 Å². The molecule has 1 aliphatic rings. The second-order valence-corrected chi connectivity index (χ2v) is 9.63. The van der Waals surface area contributed by atoms with Crippen LogP contribution in [0.3, 0.4) is 0 Å². The fourth-order valence-corrected chi connectivity index (χ4v) is 2.98. The van der Waals surface area contributed by atoms with Crippen molar-refractivity contribution in [1.29, 1.82) is 0 Å². The van der Waals surface area contributed by atoms with Gasteiger partial charge in [-0.25, -0.2) is 0 Å². The minimum absolute atomic E-state index is 0.826. The van der Waals surface area contributed by atoms with Gasteiger partial charge in [0.2, 0.25) is 0 Å². The molecule has 0 bridgehead atoms. The first kappa shape index (κ1) is 20.0. The molecule has 0 amide bonds. The van der Waals surface area contributed by atoms with E-state index in [0.29, 0.717) is 0 Å². The van der Waals surface area contributed by atoms with Crippen LogP contribution in [0.25, 0.3) is 17.2 Å². The van der Waals surface area contributed by atoms with E-state index < -0.39 is 20.8 Å². The van der Waals surface area contributed by atoms with Crippen LogP contribution in [0.15, 0.2) is 48.0 Å². The first-order chi connectivity index (χ1) is 11.7. The Morgan fingerprint density at radius 2 is 1.67 bits per heavy atom. The molecule has 2 aromatic rings. The summed E-state index contributed by atoms with van der Waals surface area (Å²) in [6.45, 7) is 4.46. The van der Waals surface area contributed by atoms with Crippen LogP contribution in [0.5, 0.6) is 0 Å². The van der Waals surface area contributed by atoms with E-state index in [2.05, 4.69) is 68.8 Å². The topological polar surface area (TPSA) is 0 Å². The van der Waals surface area contributed by atoms with Crippen molar-refractivity contribution >= 4 is 23.1 Å². The molecule has 0 saturated carbocycles. The van der Waals surface area contributed by atoms with Crippen LogP contribution < -0.4 is 0 Å². The van der Waals surface area contributed by atoms with Crippen molar-refractivity contribution in [2.45, 2.75) is 39.5 Å². The molecule has 0 heterocycles. The van der Waals surface area contributed by atoms with Gasteiger partial charge in [-0.15, -0.1) is 0 Å². The molecule has 2 aromatic carbocycles. The number of hydrogen-bond donors (Lipinski definition) is 0. The molecule has 0 saturated heterocycles. The molecule has 0 nitrogen and oxygen atoms in total. The summed E-state index contributed by atoms with van der Waals surface area (Å²) < 4.78 is 0. The Balaban J connectivity index is 0.000000647. The van der Waals surface area contributed by atoms with Crippen LogP contribution in [-0.2, 0) is 27.3 Å². The summed E-state index contributed by atoms with van der Waals surface area (Å²) in [5.41, 5.74) is 8.31. The van der Waals surface area contributed by atoms with Gasteiger partial charge in [-0.2, -0.15) is 0 Å². The van der Waals surface area contributed by atoms with Crippen LogP contribution in [-0.4, -0.2) is 0 Å². The van der Waals surface area contributed by atoms with Crippen molar-refractivity contribution in [1.82, 2.24) is 0 Å². The van der Waals surface area contributed by atoms with E-state index in [1.54, 1.807) is 0 Å². The van der Waals surface area contributed by atoms with Crippen molar-refractivity contribution in [2.24, 2.45) is 0 Å². The third-order valence-corrected chi connectivity index (χ3v) is 4.30. The van der Waals surface area contributed by atoms with Gasteiger partial charge in [0.15, 0.2) is 0 Å².